The molecule has 0 fully saturated rings. The van der Waals surface area contributed by atoms with E-state index in [0.29, 0.717) is 25.2 Å². The highest BCUT2D eigenvalue weighted by molar-refractivity contribution is 5.93. The summed E-state index contributed by atoms with van der Waals surface area (Å²) in [5.41, 5.74) is 2.52. The average molecular weight is 332 g/mol. The molecule has 1 aliphatic heterocycles. The fraction of sp³-hybridized carbons (Fsp3) is 0.500. The van der Waals surface area contributed by atoms with Crippen LogP contribution in [-0.4, -0.2) is 47.7 Å². The highest BCUT2D eigenvalue weighted by atomic mass is 16.6. The van der Waals surface area contributed by atoms with Gasteiger partial charge in [-0.3, -0.25) is 0 Å². The molecule has 2 heterocycles. The molecular formula is C18H24N2O4. The number of aromatic nitrogens is 1. The minimum atomic E-state index is -0.514. The van der Waals surface area contributed by atoms with Crippen LogP contribution in [0.5, 0.6) is 0 Å². The first-order chi connectivity index (χ1) is 11.2. The van der Waals surface area contributed by atoms with Crippen LogP contribution >= 0.6 is 0 Å². The van der Waals surface area contributed by atoms with Crippen LogP contribution in [0.1, 0.15) is 48.8 Å². The maximum Gasteiger partial charge on any atom is 0.410 e. The Morgan fingerprint density at radius 3 is 2.54 bits per heavy atom. The number of esters is 1. The zero-order valence-electron chi connectivity index (χ0n) is 14.9. The zero-order chi connectivity index (χ0) is 17.9. The van der Waals surface area contributed by atoms with Gasteiger partial charge in [-0.1, -0.05) is 6.08 Å². The third kappa shape index (κ3) is 4.34. The summed E-state index contributed by atoms with van der Waals surface area (Å²) < 4.78 is 10.2. The van der Waals surface area contributed by atoms with E-state index in [1.165, 1.54) is 7.11 Å². The lowest BCUT2D eigenvalue weighted by Crippen LogP contribution is -2.39. The van der Waals surface area contributed by atoms with E-state index in [0.717, 1.165) is 16.7 Å². The molecule has 130 valence electrons. The maximum atomic E-state index is 12.1. The number of hydrogen-bond donors (Lipinski definition) is 0. The number of carbonyl (C=O) groups excluding carboxylic acids is 2. The van der Waals surface area contributed by atoms with Crippen molar-refractivity contribution in [2.45, 2.75) is 39.7 Å². The average Bonchev–Trinajstić information content (AvgIpc) is 2.52. The lowest BCUT2D eigenvalue weighted by Gasteiger charge is -2.29. The van der Waals surface area contributed by atoms with E-state index < -0.39 is 11.6 Å². The Balaban J connectivity index is 2.20. The second kappa shape index (κ2) is 7.03. The van der Waals surface area contributed by atoms with Gasteiger partial charge in [0, 0.05) is 24.8 Å². The monoisotopic (exact) mass is 332 g/mol. The van der Waals surface area contributed by atoms with Gasteiger partial charge in [0.1, 0.15) is 5.60 Å². The Morgan fingerprint density at radius 2 is 2.00 bits per heavy atom. The van der Waals surface area contributed by atoms with Crippen molar-refractivity contribution in [3.63, 3.8) is 0 Å². The quantitative estimate of drug-likeness (QED) is 0.778. The van der Waals surface area contributed by atoms with E-state index in [1.807, 2.05) is 39.8 Å². The van der Waals surface area contributed by atoms with Crippen LogP contribution in [0.3, 0.4) is 0 Å². The molecule has 6 heteroatoms. The molecule has 0 N–H and O–H groups in total. The van der Waals surface area contributed by atoms with Crippen molar-refractivity contribution in [1.29, 1.82) is 0 Å². The molecule has 0 saturated carbocycles. The van der Waals surface area contributed by atoms with E-state index in [2.05, 4.69) is 4.98 Å². The highest BCUT2D eigenvalue weighted by Crippen LogP contribution is 2.26. The van der Waals surface area contributed by atoms with E-state index in [9.17, 15) is 9.59 Å². The molecular weight excluding hydrogens is 308 g/mol. The summed E-state index contributed by atoms with van der Waals surface area (Å²) in [4.78, 5) is 29.9. The van der Waals surface area contributed by atoms with Crippen LogP contribution in [0.25, 0.3) is 5.57 Å². The van der Waals surface area contributed by atoms with Crippen molar-refractivity contribution in [1.82, 2.24) is 9.88 Å². The molecule has 0 atom stereocenters. The Labute approximate surface area is 142 Å². The second-order valence-corrected chi connectivity index (χ2v) is 6.81. The van der Waals surface area contributed by atoms with Gasteiger partial charge in [-0.25, -0.2) is 14.6 Å². The molecule has 0 unspecified atom stereocenters. The third-order valence-electron chi connectivity index (χ3n) is 3.61. The number of aryl methyl sites for hydroxylation is 1. The Bertz CT molecular complexity index is 674. The van der Waals surface area contributed by atoms with Crippen molar-refractivity contribution in [3.8, 4) is 0 Å². The van der Waals surface area contributed by atoms with Crippen LogP contribution in [0.2, 0.25) is 0 Å². The summed E-state index contributed by atoms with van der Waals surface area (Å²) in [6, 6.07) is 1.92. The molecule has 2 rings (SSSR count). The molecule has 1 amide bonds. The number of ether oxygens (including phenoxy) is 2. The van der Waals surface area contributed by atoms with Crippen LogP contribution in [0, 0.1) is 6.92 Å². The smallest absolute Gasteiger partial charge is 0.410 e. The number of methoxy groups -OCH3 is 1. The molecule has 0 bridgehead atoms. The van der Waals surface area contributed by atoms with Crippen molar-refractivity contribution in [3.05, 3.63) is 35.2 Å². The van der Waals surface area contributed by atoms with Gasteiger partial charge in [0.15, 0.2) is 5.69 Å². The van der Waals surface area contributed by atoms with Crippen LogP contribution in [0.15, 0.2) is 18.3 Å². The van der Waals surface area contributed by atoms with Gasteiger partial charge >= 0.3 is 12.1 Å². The topological polar surface area (TPSA) is 68.7 Å². The molecule has 0 spiro atoms. The van der Waals surface area contributed by atoms with Gasteiger partial charge in [0.25, 0.3) is 0 Å². The summed E-state index contributed by atoms with van der Waals surface area (Å²) in [6.45, 7) is 8.44. The Morgan fingerprint density at radius 1 is 1.29 bits per heavy atom. The zero-order valence-corrected chi connectivity index (χ0v) is 14.9. The van der Waals surface area contributed by atoms with Gasteiger partial charge in [0.05, 0.1) is 7.11 Å². The van der Waals surface area contributed by atoms with E-state index in [4.69, 9.17) is 9.47 Å². The van der Waals surface area contributed by atoms with Gasteiger partial charge in [-0.15, -0.1) is 0 Å². The fourth-order valence-corrected chi connectivity index (χ4v) is 2.48. The molecule has 0 aliphatic carbocycles. The summed E-state index contributed by atoms with van der Waals surface area (Å²) in [5.74, 6) is -0.458. The molecule has 0 radical (unpaired) electrons. The van der Waals surface area contributed by atoms with Gasteiger partial charge in [-0.2, -0.15) is 0 Å². The molecule has 1 aromatic rings. The van der Waals surface area contributed by atoms with Crippen LogP contribution in [-0.2, 0) is 9.47 Å². The number of carbonyl (C=O) groups is 2. The predicted octanol–water partition coefficient (Wildman–Crippen LogP) is 3.20. The lowest BCUT2D eigenvalue weighted by atomic mass is 9.97. The van der Waals surface area contributed by atoms with E-state index in [-0.39, 0.29) is 6.09 Å². The standard InChI is InChI=1S/C18H24N2O4/c1-12-10-14(15(19-11-12)16(21)23-5)13-6-8-20(9-7-13)17(22)24-18(2,3)4/h6,10-11H,7-9H2,1-5H3. The predicted molar refractivity (Wildman–Crippen MR) is 90.7 cm³/mol. The number of hydrogen-bond acceptors (Lipinski definition) is 5. The summed E-state index contributed by atoms with van der Waals surface area (Å²) in [7, 11) is 1.34. The Hall–Kier alpha value is -2.37. The third-order valence-corrected chi connectivity index (χ3v) is 3.61. The molecule has 24 heavy (non-hydrogen) atoms. The van der Waals surface area contributed by atoms with Crippen molar-refractivity contribution < 1.29 is 19.1 Å². The summed E-state index contributed by atoms with van der Waals surface area (Å²) in [5, 5.41) is 0. The van der Waals surface area contributed by atoms with Crippen molar-refractivity contribution in [2.24, 2.45) is 0 Å². The van der Waals surface area contributed by atoms with Gasteiger partial charge in [-0.05, 0) is 51.3 Å². The summed E-state index contributed by atoms with van der Waals surface area (Å²) in [6.07, 6.45) is 3.89. The van der Waals surface area contributed by atoms with E-state index in [1.54, 1.807) is 11.1 Å². The first kappa shape index (κ1) is 18.0. The number of rotatable bonds is 2. The minimum absolute atomic E-state index is 0.306. The number of nitrogens with zero attached hydrogens (tertiary/aromatic N) is 2. The molecule has 0 aromatic carbocycles. The first-order valence-corrected chi connectivity index (χ1v) is 7.93. The molecule has 1 aliphatic rings. The van der Waals surface area contributed by atoms with Crippen molar-refractivity contribution in [2.75, 3.05) is 20.2 Å². The summed E-state index contributed by atoms with van der Waals surface area (Å²) >= 11 is 0. The molecule has 1 aromatic heterocycles. The number of amides is 1. The molecule has 6 nitrogen and oxygen atoms in total. The largest absolute Gasteiger partial charge is 0.464 e. The van der Waals surface area contributed by atoms with Crippen molar-refractivity contribution >= 4 is 17.6 Å². The van der Waals surface area contributed by atoms with E-state index >= 15 is 0 Å². The second-order valence-electron chi connectivity index (χ2n) is 6.81. The Kier molecular flexibility index (Phi) is 5.26. The lowest BCUT2D eigenvalue weighted by molar-refractivity contribution is 0.0270. The minimum Gasteiger partial charge on any atom is -0.464 e. The highest BCUT2D eigenvalue weighted by Gasteiger charge is 2.25. The fourth-order valence-electron chi connectivity index (χ4n) is 2.48. The van der Waals surface area contributed by atoms with Gasteiger partial charge < -0.3 is 14.4 Å². The van der Waals surface area contributed by atoms with Crippen LogP contribution in [0.4, 0.5) is 4.79 Å². The maximum absolute atomic E-state index is 12.1. The normalized spacial score (nSPS) is 14.9. The molecule has 0 saturated heterocycles. The first-order valence-electron chi connectivity index (χ1n) is 7.93. The number of pyridine rings is 1. The van der Waals surface area contributed by atoms with Gasteiger partial charge in [0.2, 0.25) is 0 Å². The SMILES string of the molecule is COC(=O)c1ncc(C)cc1C1=CCN(C(=O)OC(C)(C)C)CC1. The van der Waals surface area contributed by atoms with Crippen LogP contribution < -0.4 is 0 Å².